The molecule has 1 saturated heterocycles. The van der Waals surface area contributed by atoms with Gasteiger partial charge in [0.2, 0.25) is 5.91 Å². The lowest BCUT2D eigenvalue weighted by atomic mass is 9.88. The van der Waals surface area contributed by atoms with Gasteiger partial charge in [-0.05, 0) is 6.92 Å². The van der Waals surface area contributed by atoms with E-state index in [4.69, 9.17) is 14.9 Å². The number of ketones is 1. The summed E-state index contributed by atoms with van der Waals surface area (Å²) in [6.45, 7) is 0.169. The molecule has 26 heavy (non-hydrogen) atoms. The second-order valence-electron chi connectivity index (χ2n) is 6.14. The van der Waals surface area contributed by atoms with E-state index in [9.17, 15) is 39.9 Å². The number of aliphatic hydroxyl groups excluding tert-OH is 5. The molecule has 0 aromatic rings. The summed E-state index contributed by atoms with van der Waals surface area (Å²) in [6.07, 6.45) is -10.7. The van der Waals surface area contributed by atoms with Crippen molar-refractivity contribution in [2.75, 3.05) is 6.61 Å². The highest BCUT2D eigenvalue weighted by atomic mass is 16.7. The second-order valence-corrected chi connectivity index (χ2v) is 6.14. The summed E-state index contributed by atoms with van der Waals surface area (Å²) in [6, 6.07) is -1.56. The third kappa shape index (κ3) is 5.17. The fourth-order valence-electron chi connectivity index (χ4n) is 2.53. The van der Waals surface area contributed by atoms with Gasteiger partial charge in [-0.1, -0.05) is 0 Å². The van der Waals surface area contributed by atoms with E-state index < -0.39 is 79.5 Å². The molecule has 8 N–H and O–H groups in total. The van der Waals surface area contributed by atoms with Gasteiger partial charge >= 0.3 is 5.97 Å². The predicted octanol–water partition coefficient (Wildman–Crippen LogP) is -4.55. The third-order valence-electron chi connectivity index (χ3n) is 3.93. The van der Waals surface area contributed by atoms with Crippen molar-refractivity contribution < 1.29 is 54.9 Å². The molecule has 150 valence electrons. The molecule has 0 aliphatic carbocycles. The van der Waals surface area contributed by atoms with E-state index in [1.54, 1.807) is 0 Å². The monoisotopic (exact) mass is 381 g/mol. The van der Waals surface area contributed by atoms with Crippen molar-refractivity contribution in [3.8, 4) is 0 Å². The molecule has 1 heterocycles. The number of ether oxygens (including phenoxy) is 1. The molecular weight excluding hydrogens is 358 g/mol. The first-order chi connectivity index (χ1) is 11.9. The molecule has 12 heteroatoms. The summed E-state index contributed by atoms with van der Waals surface area (Å²) in [5.41, 5.74) is 0. The van der Waals surface area contributed by atoms with Gasteiger partial charge in [0, 0.05) is 12.8 Å². The summed E-state index contributed by atoms with van der Waals surface area (Å²) < 4.78 is 4.88. The lowest BCUT2D eigenvalue weighted by Crippen LogP contribution is -2.68. The average Bonchev–Trinajstić information content (AvgIpc) is 2.54. The van der Waals surface area contributed by atoms with Crippen molar-refractivity contribution in [3.05, 3.63) is 0 Å². The zero-order chi connectivity index (χ0) is 20.2. The molecule has 0 saturated carbocycles. The highest BCUT2D eigenvalue weighted by Crippen LogP contribution is 2.30. The molecule has 0 radical (unpaired) electrons. The van der Waals surface area contributed by atoms with E-state index in [0.29, 0.717) is 0 Å². The van der Waals surface area contributed by atoms with Crippen molar-refractivity contribution >= 4 is 17.7 Å². The maximum atomic E-state index is 11.9. The SMILES string of the molecule is CC(=O)CC(O)C(=O)N[C@H]1[C@H]([C@H](O)[C@H](O)CO)O[C@](O)(C(=O)O)C[C@@H]1O. The van der Waals surface area contributed by atoms with Crippen LogP contribution >= 0.6 is 0 Å². The van der Waals surface area contributed by atoms with Gasteiger partial charge in [-0.25, -0.2) is 4.79 Å². The highest BCUT2D eigenvalue weighted by molar-refractivity contribution is 5.87. The minimum atomic E-state index is -2.92. The standard InChI is InChI=1S/C14H23NO11/c1-5(17)2-6(18)12(22)15-9-7(19)3-14(25,13(23)24)26-11(9)10(21)8(20)4-16/h6-11,16,18-21,25H,2-4H2,1H3,(H,15,22)(H,23,24)/t6?,7-,8+,9+,10+,11+,14-/m0/s1. The fraction of sp³-hybridized carbons (Fsp3) is 0.786. The normalized spacial score (nSPS) is 32.3. The molecule has 0 aromatic heterocycles. The summed E-state index contributed by atoms with van der Waals surface area (Å²) >= 11 is 0. The highest BCUT2D eigenvalue weighted by Gasteiger charge is 2.54. The van der Waals surface area contributed by atoms with Gasteiger partial charge < -0.3 is 45.8 Å². The molecule has 1 amide bonds. The van der Waals surface area contributed by atoms with Crippen LogP contribution in [0.4, 0.5) is 0 Å². The number of carbonyl (C=O) groups is 3. The van der Waals surface area contributed by atoms with Crippen LogP contribution in [0.1, 0.15) is 19.8 Å². The van der Waals surface area contributed by atoms with Crippen LogP contribution in [0.25, 0.3) is 0 Å². The molecule has 0 aromatic carbocycles. The first kappa shape index (κ1) is 22.4. The molecule has 12 nitrogen and oxygen atoms in total. The maximum absolute atomic E-state index is 11.9. The van der Waals surface area contributed by atoms with Crippen LogP contribution in [0.2, 0.25) is 0 Å². The summed E-state index contributed by atoms with van der Waals surface area (Å²) in [7, 11) is 0. The van der Waals surface area contributed by atoms with E-state index in [1.807, 2.05) is 0 Å². The summed E-state index contributed by atoms with van der Waals surface area (Å²) in [5.74, 6) is -6.42. The Hall–Kier alpha value is -1.67. The van der Waals surface area contributed by atoms with Crippen molar-refractivity contribution in [2.45, 2.75) is 62.1 Å². The number of aliphatic hydroxyl groups is 6. The Morgan fingerprint density at radius 2 is 1.85 bits per heavy atom. The largest absolute Gasteiger partial charge is 0.477 e. The number of hydrogen-bond donors (Lipinski definition) is 8. The molecule has 7 atom stereocenters. The Kier molecular flexibility index (Phi) is 7.58. The van der Waals surface area contributed by atoms with Crippen molar-refractivity contribution in [2.24, 2.45) is 0 Å². The Bertz CT molecular complexity index is 541. The fourth-order valence-corrected chi connectivity index (χ4v) is 2.53. The molecule has 1 aliphatic rings. The molecule has 1 fully saturated rings. The number of aliphatic carboxylic acids is 1. The molecule has 1 aliphatic heterocycles. The molecule has 1 rings (SSSR count). The second kappa shape index (κ2) is 8.81. The first-order valence-electron chi connectivity index (χ1n) is 7.69. The van der Waals surface area contributed by atoms with Crippen molar-refractivity contribution in [1.29, 1.82) is 0 Å². The zero-order valence-corrected chi connectivity index (χ0v) is 13.8. The Balaban J connectivity index is 3.06. The van der Waals surface area contributed by atoms with E-state index in [-0.39, 0.29) is 0 Å². The van der Waals surface area contributed by atoms with Crippen LogP contribution in [0.5, 0.6) is 0 Å². The first-order valence-corrected chi connectivity index (χ1v) is 7.69. The zero-order valence-electron chi connectivity index (χ0n) is 13.8. The van der Waals surface area contributed by atoms with Gasteiger partial charge in [0.15, 0.2) is 0 Å². The quantitative estimate of drug-likeness (QED) is 0.200. The van der Waals surface area contributed by atoms with E-state index in [1.165, 1.54) is 0 Å². The molecule has 0 spiro atoms. The van der Waals surface area contributed by atoms with Gasteiger partial charge in [0.1, 0.15) is 30.2 Å². The molecule has 0 bridgehead atoms. The predicted molar refractivity (Wildman–Crippen MR) is 80.4 cm³/mol. The minimum absolute atomic E-state index is 0.499. The smallest absolute Gasteiger partial charge is 0.364 e. The number of rotatable bonds is 8. The summed E-state index contributed by atoms with van der Waals surface area (Å²) in [4.78, 5) is 34.0. The van der Waals surface area contributed by atoms with Gasteiger partial charge in [-0.2, -0.15) is 0 Å². The number of carboxylic acids is 1. The Morgan fingerprint density at radius 1 is 1.27 bits per heavy atom. The van der Waals surface area contributed by atoms with Crippen molar-refractivity contribution in [3.63, 3.8) is 0 Å². The van der Waals surface area contributed by atoms with Gasteiger partial charge in [0.05, 0.1) is 18.8 Å². The molecular formula is C14H23NO11. The third-order valence-corrected chi connectivity index (χ3v) is 3.93. The number of amides is 1. The summed E-state index contributed by atoms with van der Waals surface area (Å²) in [5, 5.41) is 69.3. The average molecular weight is 381 g/mol. The lowest BCUT2D eigenvalue weighted by Gasteiger charge is -2.44. The molecule has 1 unspecified atom stereocenters. The van der Waals surface area contributed by atoms with E-state index in [2.05, 4.69) is 5.32 Å². The van der Waals surface area contributed by atoms with E-state index >= 15 is 0 Å². The number of carboxylic acid groups (broad SMARTS) is 1. The van der Waals surface area contributed by atoms with Crippen LogP contribution in [-0.2, 0) is 19.1 Å². The number of Topliss-reactive ketones (excluding diaryl/α,β-unsaturated/α-hetero) is 1. The van der Waals surface area contributed by atoms with Crippen molar-refractivity contribution in [1.82, 2.24) is 5.32 Å². The van der Waals surface area contributed by atoms with Gasteiger partial charge in [0.25, 0.3) is 5.79 Å². The Labute approximate surface area is 147 Å². The number of carbonyl (C=O) groups excluding carboxylic acids is 2. The van der Waals surface area contributed by atoms with Crippen LogP contribution in [0.15, 0.2) is 0 Å². The maximum Gasteiger partial charge on any atom is 0.364 e. The van der Waals surface area contributed by atoms with Gasteiger partial charge in [-0.3, -0.25) is 9.59 Å². The van der Waals surface area contributed by atoms with Crippen LogP contribution < -0.4 is 5.32 Å². The van der Waals surface area contributed by atoms with Crippen LogP contribution in [0.3, 0.4) is 0 Å². The van der Waals surface area contributed by atoms with Crippen LogP contribution in [-0.4, -0.2) is 102 Å². The topological polar surface area (TPSA) is 214 Å². The van der Waals surface area contributed by atoms with Gasteiger partial charge in [-0.15, -0.1) is 0 Å². The number of hydrogen-bond acceptors (Lipinski definition) is 10. The minimum Gasteiger partial charge on any atom is -0.477 e. The Morgan fingerprint density at radius 3 is 2.31 bits per heavy atom. The van der Waals surface area contributed by atoms with Crippen LogP contribution in [0, 0.1) is 0 Å². The number of nitrogens with one attached hydrogen (secondary N) is 1. The van der Waals surface area contributed by atoms with E-state index in [0.717, 1.165) is 6.92 Å². The lowest BCUT2D eigenvalue weighted by molar-refractivity contribution is -0.295.